The number of Topliss-reactive ketones (excluding diaryl/α,β-unsaturated/α-hetero) is 1. The van der Waals surface area contributed by atoms with Crippen molar-refractivity contribution in [2.24, 2.45) is 5.41 Å². The van der Waals surface area contributed by atoms with Crippen LogP contribution in [0.2, 0.25) is 0 Å². The van der Waals surface area contributed by atoms with Gasteiger partial charge in [-0.1, -0.05) is 63.2 Å². The highest BCUT2D eigenvalue weighted by Gasteiger charge is 2.23. The smallest absolute Gasteiger partial charge is 0.251 e. The molecule has 0 aliphatic heterocycles. The number of ketones is 1. The number of carbonyl (C=O) groups excluding carboxylic acids is 2. The molecule has 2 atom stereocenters. The number of halogens is 1. The number of amides is 1. The van der Waals surface area contributed by atoms with Gasteiger partial charge in [-0.3, -0.25) is 13.8 Å². The molecule has 0 fully saturated rings. The van der Waals surface area contributed by atoms with Crippen LogP contribution in [0.4, 0.5) is 4.39 Å². The van der Waals surface area contributed by atoms with E-state index in [4.69, 9.17) is 0 Å². The quantitative estimate of drug-likeness (QED) is 0.463. The minimum Gasteiger partial charge on any atom is -0.342 e. The molecule has 0 saturated carbocycles. The Hall–Kier alpha value is -3.12. The molecule has 3 aromatic rings. The fourth-order valence-corrected chi connectivity index (χ4v) is 4.89. The van der Waals surface area contributed by atoms with Gasteiger partial charge in [-0.25, -0.2) is 4.39 Å². The summed E-state index contributed by atoms with van der Waals surface area (Å²) < 4.78 is 25.8. The number of rotatable bonds is 9. The Bertz CT molecular complexity index is 1140. The summed E-state index contributed by atoms with van der Waals surface area (Å²) in [6, 6.07) is 21.2. The van der Waals surface area contributed by atoms with Crippen molar-refractivity contribution in [1.29, 1.82) is 0 Å². The van der Waals surface area contributed by atoms with E-state index in [-0.39, 0.29) is 23.2 Å². The van der Waals surface area contributed by atoms with E-state index in [0.29, 0.717) is 12.2 Å². The first-order valence-corrected chi connectivity index (χ1v) is 12.5. The van der Waals surface area contributed by atoms with Crippen LogP contribution in [0.15, 0.2) is 83.8 Å². The van der Waals surface area contributed by atoms with Crippen LogP contribution >= 0.6 is 0 Å². The summed E-state index contributed by atoms with van der Waals surface area (Å²) in [5, 5.41) is 2.82. The fraction of sp³-hybridized carbons (Fsp3) is 0.286. The Morgan fingerprint density at radius 2 is 1.50 bits per heavy atom. The largest absolute Gasteiger partial charge is 0.342 e. The van der Waals surface area contributed by atoms with Crippen LogP contribution in [0.5, 0.6) is 0 Å². The van der Waals surface area contributed by atoms with E-state index in [0.717, 1.165) is 16.0 Å². The number of hydrogen-bond donors (Lipinski definition) is 1. The summed E-state index contributed by atoms with van der Waals surface area (Å²) in [6.45, 7) is 6.14. The first-order valence-electron chi connectivity index (χ1n) is 11.2. The van der Waals surface area contributed by atoms with Crippen LogP contribution in [0, 0.1) is 11.2 Å². The maximum atomic E-state index is 13.2. The van der Waals surface area contributed by atoms with Crippen LogP contribution in [0.3, 0.4) is 0 Å². The van der Waals surface area contributed by atoms with Crippen LogP contribution in [0.25, 0.3) is 0 Å². The molecule has 1 unspecified atom stereocenters. The van der Waals surface area contributed by atoms with E-state index >= 15 is 0 Å². The maximum absolute atomic E-state index is 13.2. The van der Waals surface area contributed by atoms with Gasteiger partial charge in [0.25, 0.3) is 5.91 Å². The average molecular weight is 480 g/mol. The van der Waals surface area contributed by atoms with Crippen molar-refractivity contribution in [2.75, 3.05) is 5.75 Å². The first kappa shape index (κ1) is 25.5. The van der Waals surface area contributed by atoms with Gasteiger partial charge in [0.2, 0.25) is 0 Å². The predicted molar refractivity (Wildman–Crippen MR) is 134 cm³/mol. The number of benzene rings is 3. The summed E-state index contributed by atoms with van der Waals surface area (Å²) in [7, 11) is -1.11. The lowest BCUT2D eigenvalue weighted by Crippen LogP contribution is -2.43. The average Bonchev–Trinajstić information content (AvgIpc) is 2.79. The Morgan fingerprint density at radius 3 is 2.09 bits per heavy atom. The standard InChI is InChI=1S/C28H30FNO3S/c1-28(2,3)19-34(33)24-15-9-21(10-16-24)18-26(31)25(17-20-7-5-4-6-8-20)30-27(32)22-11-13-23(29)14-12-22/h4-16,25H,17-19H2,1-3H3,(H,30,32)/t25-,34?/m0/s1. The maximum Gasteiger partial charge on any atom is 0.251 e. The number of carbonyl (C=O) groups is 2. The van der Waals surface area contributed by atoms with E-state index in [9.17, 15) is 18.2 Å². The molecule has 178 valence electrons. The molecule has 3 rings (SSSR count). The molecule has 3 aromatic carbocycles. The van der Waals surface area contributed by atoms with Gasteiger partial charge in [0.05, 0.1) is 16.8 Å². The molecule has 0 saturated heterocycles. The van der Waals surface area contributed by atoms with E-state index in [1.807, 2.05) is 63.2 Å². The molecule has 1 amide bonds. The molecule has 0 radical (unpaired) electrons. The monoisotopic (exact) mass is 479 g/mol. The summed E-state index contributed by atoms with van der Waals surface area (Å²) in [5.74, 6) is -0.440. The Balaban J connectivity index is 1.73. The lowest BCUT2D eigenvalue weighted by atomic mass is 9.97. The minimum absolute atomic E-state index is 0.0487. The minimum atomic E-state index is -1.11. The van der Waals surface area contributed by atoms with Gasteiger partial charge >= 0.3 is 0 Å². The zero-order valence-corrected chi connectivity index (χ0v) is 20.5. The molecular formula is C28H30FNO3S. The summed E-state index contributed by atoms with van der Waals surface area (Å²) in [5.41, 5.74) is 1.95. The summed E-state index contributed by atoms with van der Waals surface area (Å²) in [4.78, 5) is 26.7. The molecule has 1 N–H and O–H groups in total. The molecule has 4 nitrogen and oxygen atoms in total. The van der Waals surface area contributed by atoms with Crippen LogP contribution in [-0.4, -0.2) is 27.7 Å². The van der Waals surface area contributed by atoms with Crippen molar-refractivity contribution in [3.63, 3.8) is 0 Å². The number of hydrogen-bond acceptors (Lipinski definition) is 3. The SMILES string of the molecule is CC(C)(C)CS(=O)c1ccc(CC(=O)[C@H](Cc2ccccc2)NC(=O)c2ccc(F)cc2)cc1. The van der Waals surface area contributed by atoms with Crippen LogP contribution < -0.4 is 5.32 Å². The van der Waals surface area contributed by atoms with Crippen molar-refractivity contribution >= 4 is 22.5 Å². The van der Waals surface area contributed by atoms with E-state index < -0.39 is 28.6 Å². The molecule has 0 aliphatic rings. The molecule has 6 heteroatoms. The lowest BCUT2D eigenvalue weighted by Gasteiger charge is -2.19. The predicted octanol–water partition coefficient (Wildman–Crippen LogP) is 5.13. The molecule has 0 aromatic heterocycles. The van der Waals surface area contributed by atoms with Crippen molar-refractivity contribution in [3.8, 4) is 0 Å². The van der Waals surface area contributed by atoms with Crippen LogP contribution in [0.1, 0.15) is 42.3 Å². The highest BCUT2D eigenvalue weighted by atomic mass is 32.2. The third kappa shape index (κ3) is 7.73. The first-order chi connectivity index (χ1) is 16.1. The molecule has 0 aliphatic carbocycles. The Labute approximate surface area is 203 Å². The van der Waals surface area contributed by atoms with Gasteiger partial charge in [-0.15, -0.1) is 0 Å². The molecule has 0 heterocycles. The highest BCUT2D eigenvalue weighted by molar-refractivity contribution is 7.85. The second kappa shape index (κ2) is 11.3. The van der Waals surface area contributed by atoms with Gasteiger partial charge < -0.3 is 5.32 Å². The van der Waals surface area contributed by atoms with Gasteiger partial charge in [-0.05, 0) is 59.4 Å². The normalized spacial score (nSPS) is 13.2. The highest BCUT2D eigenvalue weighted by Crippen LogP contribution is 2.20. The Morgan fingerprint density at radius 1 is 0.882 bits per heavy atom. The third-order valence-electron chi connectivity index (χ3n) is 5.21. The van der Waals surface area contributed by atoms with Crippen molar-refractivity contribution in [3.05, 3.63) is 101 Å². The van der Waals surface area contributed by atoms with Gasteiger partial charge in [-0.2, -0.15) is 0 Å². The van der Waals surface area contributed by atoms with Crippen molar-refractivity contribution < 1.29 is 18.2 Å². The van der Waals surface area contributed by atoms with E-state index in [1.54, 1.807) is 12.1 Å². The zero-order chi connectivity index (χ0) is 24.7. The Kier molecular flexibility index (Phi) is 8.51. The van der Waals surface area contributed by atoms with Gasteiger partial charge in [0, 0.05) is 22.6 Å². The lowest BCUT2D eigenvalue weighted by molar-refractivity contribution is -0.120. The molecular weight excluding hydrogens is 449 g/mol. The third-order valence-corrected chi connectivity index (χ3v) is 7.14. The van der Waals surface area contributed by atoms with Gasteiger partial charge in [0.15, 0.2) is 5.78 Å². The zero-order valence-electron chi connectivity index (χ0n) is 19.7. The van der Waals surface area contributed by atoms with Crippen molar-refractivity contribution in [1.82, 2.24) is 5.32 Å². The summed E-state index contributed by atoms with van der Waals surface area (Å²) >= 11 is 0. The fourth-order valence-electron chi connectivity index (χ4n) is 3.50. The topological polar surface area (TPSA) is 63.2 Å². The second-order valence-corrected chi connectivity index (χ2v) is 11.0. The molecule has 0 bridgehead atoms. The van der Waals surface area contributed by atoms with E-state index in [2.05, 4.69) is 5.32 Å². The number of nitrogens with one attached hydrogen (secondary N) is 1. The second-order valence-electron chi connectivity index (χ2n) is 9.56. The van der Waals surface area contributed by atoms with Crippen molar-refractivity contribution in [2.45, 2.75) is 44.6 Å². The molecule has 0 spiro atoms. The summed E-state index contributed by atoms with van der Waals surface area (Å²) in [6.07, 6.45) is 0.480. The molecule has 34 heavy (non-hydrogen) atoms. The van der Waals surface area contributed by atoms with Crippen LogP contribution in [-0.2, 0) is 28.4 Å². The van der Waals surface area contributed by atoms with E-state index in [1.165, 1.54) is 24.3 Å². The van der Waals surface area contributed by atoms with Gasteiger partial charge in [0.1, 0.15) is 5.82 Å².